The Bertz CT molecular complexity index is 888. The second-order valence-corrected chi connectivity index (χ2v) is 12.0. The number of ether oxygens (including phenoxy) is 2. The van der Waals surface area contributed by atoms with Crippen molar-refractivity contribution in [2.75, 3.05) is 32.0 Å². The maximum atomic E-state index is 11.7. The molecule has 2 amide bonds. The lowest BCUT2D eigenvalue weighted by atomic mass is 9.98. The maximum Gasteiger partial charge on any atom is 0.313 e. The predicted octanol–water partition coefficient (Wildman–Crippen LogP) is 3.98. The van der Waals surface area contributed by atoms with Gasteiger partial charge in [0.25, 0.3) is 0 Å². The third-order valence-corrected chi connectivity index (χ3v) is 5.87. The Hall–Kier alpha value is -2.89. The number of nitrogens with zero attached hydrogens (tertiary/aromatic N) is 2. The minimum Gasteiger partial charge on any atom is -0.438 e. The molecule has 1 rings (SSSR count). The van der Waals surface area contributed by atoms with Crippen LogP contribution in [0.15, 0.2) is 6.20 Å². The van der Waals surface area contributed by atoms with E-state index in [1.165, 1.54) is 0 Å². The third kappa shape index (κ3) is 20.6. The summed E-state index contributed by atoms with van der Waals surface area (Å²) in [6.45, 7) is 18.3. The highest BCUT2D eigenvalue weighted by Crippen LogP contribution is 2.37. The van der Waals surface area contributed by atoms with Crippen molar-refractivity contribution in [1.29, 1.82) is 0 Å². The summed E-state index contributed by atoms with van der Waals surface area (Å²) >= 11 is 0. The summed E-state index contributed by atoms with van der Waals surface area (Å²) in [6.07, 6.45) is 3.95. The maximum absolute atomic E-state index is 11.7. The molecule has 13 nitrogen and oxygen atoms in total. The van der Waals surface area contributed by atoms with Gasteiger partial charge in [-0.15, -0.1) is 0 Å². The zero-order chi connectivity index (χ0) is 32.1. The molecule has 4 N–H and O–H groups in total. The summed E-state index contributed by atoms with van der Waals surface area (Å²) in [5, 5.41) is 5.25. The van der Waals surface area contributed by atoms with Crippen LogP contribution in [0.4, 0.5) is 5.82 Å². The fourth-order valence-electron chi connectivity index (χ4n) is 2.25. The average Bonchev–Trinajstić information content (AvgIpc) is 2.88. The van der Waals surface area contributed by atoms with E-state index in [1.807, 2.05) is 20.8 Å². The van der Waals surface area contributed by atoms with E-state index in [4.69, 9.17) is 24.3 Å². The van der Waals surface area contributed by atoms with E-state index in [1.54, 1.807) is 54.7 Å². The van der Waals surface area contributed by atoms with E-state index in [9.17, 15) is 19.2 Å². The molecular weight excluding hydrogens is 553 g/mol. The summed E-state index contributed by atoms with van der Waals surface area (Å²) < 4.78 is 20.8. The van der Waals surface area contributed by atoms with E-state index in [0.717, 1.165) is 12.0 Å². The fraction of sp³-hybridized carbons (Fsp3) is 0.704. The van der Waals surface area contributed by atoms with Crippen LogP contribution in [0.2, 0.25) is 0 Å². The molecular formula is C27H50N5O8P. The molecule has 1 aromatic heterocycles. The van der Waals surface area contributed by atoms with Crippen LogP contribution in [-0.4, -0.2) is 60.5 Å². The first-order valence-electron chi connectivity index (χ1n) is 13.5. The molecule has 0 radical (unpaired) electrons. The summed E-state index contributed by atoms with van der Waals surface area (Å²) in [5.41, 5.74) is 5.17. The van der Waals surface area contributed by atoms with Gasteiger partial charge in [0.15, 0.2) is 22.0 Å². The number of nitrogens with one attached hydrogen (secondary N) is 2. The number of amides is 2. The molecule has 0 bridgehead atoms. The highest BCUT2D eigenvalue weighted by atomic mass is 31.2. The number of aromatic nitrogens is 2. The third-order valence-electron chi connectivity index (χ3n) is 4.49. The largest absolute Gasteiger partial charge is 0.438 e. The van der Waals surface area contributed by atoms with Crippen molar-refractivity contribution in [3.8, 4) is 0 Å². The molecule has 236 valence electrons. The Morgan fingerprint density at radius 2 is 1.51 bits per heavy atom. The molecule has 1 aromatic rings. The van der Waals surface area contributed by atoms with Gasteiger partial charge >= 0.3 is 11.9 Å². The van der Waals surface area contributed by atoms with E-state index < -0.39 is 31.1 Å². The molecule has 0 aromatic carbocycles. The summed E-state index contributed by atoms with van der Waals surface area (Å²) in [6, 6.07) is 0. The Balaban J connectivity index is 0. The number of anilines is 1. The number of nitrogen functional groups attached to an aromatic ring is 1. The second-order valence-electron chi connectivity index (χ2n) is 10.3. The van der Waals surface area contributed by atoms with Crippen LogP contribution < -0.4 is 16.4 Å². The number of esters is 2. The van der Waals surface area contributed by atoms with Crippen LogP contribution in [0.1, 0.15) is 86.5 Å². The first-order valence-corrected chi connectivity index (χ1v) is 14.9. The molecule has 0 atom stereocenters. The molecule has 41 heavy (non-hydrogen) atoms. The molecule has 0 saturated carbocycles. The van der Waals surface area contributed by atoms with Crippen molar-refractivity contribution >= 4 is 38.4 Å². The van der Waals surface area contributed by atoms with Gasteiger partial charge in [0.2, 0.25) is 12.3 Å². The van der Waals surface area contributed by atoms with E-state index in [0.29, 0.717) is 43.7 Å². The van der Waals surface area contributed by atoms with Crippen molar-refractivity contribution in [1.82, 2.24) is 20.6 Å². The van der Waals surface area contributed by atoms with Gasteiger partial charge in [-0.25, -0.2) is 9.97 Å². The minimum atomic E-state index is -1.48. The summed E-state index contributed by atoms with van der Waals surface area (Å²) in [5.74, 6) is 0.290. The molecule has 0 fully saturated rings. The Morgan fingerprint density at radius 1 is 1.00 bits per heavy atom. The van der Waals surface area contributed by atoms with E-state index >= 15 is 0 Å². The van der Waals surface area contributed by atoms with Crippen LogP contribution >= 0.6 is 8.38 Å². The van der Waals surface area contributed by atoms with Crippen molar-refractivity contribution in [3.05, 3.63) is 17.6 Å². The van der Waals surface area contributed by atoms with Crippen molar-refractivity contribution in [2.45, 2.75) is 88.6 Å². The van der Waals surface area contributed by atoms with Crippen LogP contribution in [0.25, 0.3) is 0 Å². The Kier molecular flexibility index (Phi) is 21.4. The lowest BCUT2D eigenvalue weighted by Gasteiger charge is -2.21. The summed E-state index contributed by atoms with van der Waals surface area (Å²) in [4.78, 5) is 52.8. The number of carbonyl (C=O) groups is 4. The van der Waals surface area contributed by atoms with Gasteiger partial charge in [-0.2, -0.15) is 0 Å². The number of carbonyl (C=O) groups excluding carboxylic acids is 4. The molecule has 0 aliphatic rings. The van der Waals surface area contributed by atoms with Gasteiger partial charge in [-0.3, -0.25) is 28.2 Å². The number of hydrogen-bond acceptors (Lipinski definition) is 11. The second kappa shape index (κ2) is 21.8. The molecule has 14 heteroatoms. The minimum absolute atomic E-state index is 0.0254. The lowest BCUT2D eigenvalue weighted by molar-refractivity contribution is -0.161. The molecule has 0 spiro atoms. The first kappa shape index (κ1) is 40.2. The SMILES string of the molecule is CC.CC(C)(C)C(=O)OCOP(CCNC=O)OCOC(=O)C(C)(C)C.CCCC(=O)NCc1cnc(C)nc1N. The zero-order valence-corrected chi connectivity index (χ0v) is 27.2. The van der Waals surface area contributed by atoms with Crippen LogP contribution in [0, 0.1) is 17.8 Å². The lowest BCUT2D eigenvalue weighted by Crippen LogP contribution is -2.25. The topological polar surface area (TPSA) is 181 Å². The van der Waals surface area contributed by atoms with Gasteiger partial charge in [0, 0.05) is 37.4 Å². The molecule has 0 saturated heterocycles. The zero-order valence-electron chi connectivity index (χ0n) is 26.3. The van der Waals surface area contributed by atoms with E-state index in [2.05, 4.69) is 20.6 Å². The number of aryl methyl sites for hydroxylation is 1. The van der Waals surface area contributed by atoms with E-state index in [-0.39, 0.29) is 19.5 Å². The normalized spacial score (nSPS) is 10.8. The number of nitrogens with two attached hydrogens (primary N) is 1. The highest BCUT2D eigenvalue weighted by molar-refractivity contribution is 7.47. The van der Waals surface area contributed by atoms with Crippen LogP contribution in [-0.2, 0) is 44.2 Å². The Morgan fingerprint density at radius 3 is 1.93 bits per heavy atom. The Labute approximate surface area is 245 Å². The number of rotatable bonds is 14. The molecule has 0 aliphatic carbocycles. The first-order chi connectivity index (χ1) is 19.1. The molecule has 1 heterocycles. The molecule has 0 aliphatic heterocycles. The molecule has 0 unspecified atom stereocenters. The fourth-order valence-corrected chi connectivity index (χ4v) is 3.23. The van der Waals surface area contributed by atoms with Crippen molar-refractivity contribution in [2.24, 2.45) is 10.8 Å². The number of hydrogen-bond donors (Lipinski definition) is 3. The quantitative estimate of drug-likeness (QED) is 0.0920. The van der Waals surface area contributed by atoms with Crippen LogP contribution in [0.5, 0.6) is 0 Å². The van der Waals surface area contributed by atoms with Gasteiger partial charge in [0.05, 0.1) is 10.8 Å². The van der Waals surface area contributed by atoms with Crippen molar-refractivity contribution < 1.29 is 37.7 Å². The van der Waals surface area contributed by atoms with Gasteiger partial charge < -0.3 is 25.8 Å². The van der Waals surface area contributed by atoms with Crippen LogP contribution in [0.3, 0.4) is 0 Å². The van der Waals surface area contributed by atoms with Gasteiger partial charge in [-0.1, -0.05) is 20.8 Å². The predicted molar refractivity (Wildman–Crippen MR) is 158 cm³/mol. The van der Waals surface area contributed by atoms with Crippen molar-refractivity contribution in [3.63, 3.8) is 0 Å². The van der Waals surface area contributed by atoms with Gasteiger partial charge in [0.1, 0.15) is 11.6 Å². The monoisotopic (exact) mass is 603 g/mol. The smallest absolute Gasteiger partial charge is 0.313 e. The van der Waals surface area contributed by atoms with Gasteiger partial charge in [-0.05, 0) is 54.9 Å². The highest BCUT2D eigenvalue weighted by Gasteiger charge is 2.25. The standard InChI is InChI=1S/C15H28NO7P.C10H16N4O.C2H6/c1-14(2,3)12(18)20-10-22-24(8-7-16-9-17)23-11-21-13(19)15(4,5)6;1-3-4-9(15)13-6-8-5-12-7(2)14-10(8)11;1-2/h9H,7-8,10-11H2,1-6H3,(H,16,17);5H,3-4,6H2,1-2H3,(H,13,15)(H2,11,12,14);1-2H3. The average molecular weight is 604 g/mol. The summed E-state index contributed by atoms with van der Waals surface area (Å²) in [7, 11) is -1.48.